The van der Waals surface area contributed by atoms with Crippen molar-refractivity contribution in [1.29, 1.82) is 0 Å². The maximum absolute atomic E-state index is 12.6. The molecule has 5 heteroatoms. The topological polar surface area (TPSA) is 49.8 Å². The predicted molar refractivity (Wildman–Crippen MR) is 75.5 cm³/mol. The van der Waals surface area contributed by atoms with Crippen molar-refractivity contribution >= 4 is 17.7 Å². The van der Waals surface area contributed by atoms with Gasteiger partial charge in [0.1, 0.15) is 0 Å². The number of thioether (sulfide) groups is 1. The molecule has 1 heterocycles. The first kappa shape index (κ1) is 14.4. The standard InChI is InChI=1S/C14H19NO3S/c1-19-13-5-3-2-4-12(13)14(17)15-6-7-18-10-11(8-15)9-16/h2-5,11,16H,6-10H2,1H3. The maximum Gasteiger partial charge on any atom is 0.255 e. The monoisotopic (exact) mass is 281 g/mol. The molecule has 4 nitrogen and oxygen atoms in total. The van der Waals surface area contributed by atoms with Crippen molar-refractivity contribution in [2.75, 3.05) is 39.2 Å². The maximum atomic E-state index is 12.6. The molecular formula is C14H19NO3S. The summed E-state index contributed by atoms with van der Waals surface area (Å²) in [5.41, 5.74) is 0.730. The molecule has 104 valence electrons. The molecule has 0 saturated carbocycles. The van der Waals surface area contributed by atoms with Crippen LogP contribution in [0.1, 0.15) is 10.4 Å². The van der Waals surface area contributed by atoms with Crippen molar-refractivity contribution in [2.24, 2.45) is 5.92 Å². The van der Waals surface area contributed by atoms with Gasteiger partial charge >= 0.3 is 0 Å². The Kier molecular flexibility index (Phi) is 5.24. The number of ether oxygens (including phenoxy) is 1. The van der Waals surface area contributed by atoms with Crippen LogP contribution in [0.15, 0.2) is 29.2 Å². The smallest absolute Gasteiger partial charge is 0.255 e. The Labute approximate surface area is 117 Å². The molecule has 0 aromatic heterocycles. The molecule has 0 bridgehead atoms. The van der Waals surface area contributed by atoms with E-state index in [1.807, 2.05) is 30.5 Å². The van der Waals surface area contributed by atoms with Crippen molar-refractivity contribution in [3.8, 4) is 0 Å². The Morgan fingerprint density at radius 2 is 2.32 bits per heavy atom. The number of amides is 1. The molecule has 1 aliphatic heterocycles. The predicted octanol–water partition coefficient (Wildman–Crippen LogP) is 1.49. The van der Waals surface area contributed by atoms with E-state index in [0.717, 1.165) is 10.5 Å². The molecular weight excluding hydrogens is 262 g/mol. The molecule has 0 aliphatic carbocycles. The molecule has 1 amide bonds. The second-order valence-corrected chi connectivity index (χ2v) is 5.42. The highest BCUT2D eigenvalue weighted by Gasteiger charge is 2.24. The van der Waals surface area contributed by atoms with E-state index in [0.29, 0.717) is 26.3 Å². The van der Waals surface area contributed by atoms with Gasteiger partial charge in [0.05, 0.1) is 18.8 Å². The number of aliphatic hydroxyl groups excluding tert-OH is 1. The first-order valence-corrected chi connectivity index (χ1v) is 7.59. The number of nitrogens with zero attached hydrogens (tertiary/aromatic N) is 1. The van der Waals surface area contributed by atoms with Crippen LogP contribution in [0, 0.1) is 5.92 Å². The normalized spacial score (nSPS) is 20.1. The SMILES string of the molecule is CSc1ccccc1C(=O)N1CCOCC(CO)C1. The Morgan fingerprint density at radius 3 is 3.05 bits per heavy atom. The third kappa shape index (κ3) is 3.49. The third-order valence-corrected chi connectivity index (χ3v) is 4.02. The highest BCUT2D eigenvalue weighted by molar-refractivity contribution is 7.98. The summed E-state index contributed by atoms with van der Waals surface area (Å²) in [4.78, 5) is 15.3. The molecule has 19 heavy (non-hydrogen) atoms. The number of hydrogen-bond acceptors (Lipinski definition) is 4. The van der Waals surface area contributed by atoms with E-state index < -0.39 is 0 Å². The van der Waals surface area contributed by atoms with Crippen molar-refractivity contribution < 1.29 is 14.6 Å². The van der Waals surface area contributed by atoms with Gasteiger partial charge < -0.3 is 14.7 Å². The van der Waals surface area contributed by atoms with Crippen molar-refractivity contribution in [1.82, 2.24) is 4.90 Å². The van der Waals surface area contributed by atoms with Gasteiger partial charge in [0.2, 0.25) is 0 Å². The first-order valence-electron chi connectivity index (χ1n) is 6.37. The Morgan fingerprint density at radius 1 is 1.53 bits per heavy atom. The van der Waals surface area contributed by atoms with Gasteiger partial charge in [-0.3, -0.25) is 4.79 Å². The second kappa shape index (κ2) is 6.93. The van der Waals surface area contributed by atoms with Gasteiger partial charge in [-0.05, 0) is 18.4 Å². The minimum Gasteiger partial charge on any atom is -0.396 e. The van der Waals surface area contributed by atoms with Crippen LogP contribution in [0.5, 0.6) is 0 Å². The number of benzene rings is 1. The van der Waals surface area contributed by atoms with Crippen molar-refractivity contribution in [3.05, 3.63) is 29.8 Å². The highest BCUT2D eigenvalue weighted by atomic mass is 32.2. The van der Waals surface area contributed by atoms with Gasteiger partial charge in [0, 0.05) is 30.5 Å². The zero-order valence-electron chi connectivity index (χ0n) is 11.0. The Balaban J connectivity index is 2.17. The molecule has 2 rings (SSSR count). The third-order valence-electron chi connectivity index (χ3n) is 3.22. The fourth-order valence-corrected chi connectivity index (χ4v) is 2.76. The van der Waals surface area contributed by atoms with Crippen LogP contribution in [0.25, 0.3) is 0 Å². The number of hydrogen-bond donors (Lipinski definition) is 1. The molecule has 1 aromatic carbocycles. The van der Waals surface area contributed by atoms with Crippen LogP contribution in [-0.4, -0.2) is 55.1 Å². The molecule has 1 aromatic rings. The van der Waals surface area contributed by atoms with E-state index in [-0.39, 0.29) is 18.4 Å². The lowest BCUT2D eigenvalue weighted by atomic mass is 10.1. The summed E-state index contributed by atoms with van der Waals surface area (Å²) in [5, 5.41) is 9.26. The van der Waals surface area contributed by atoms with Crippen LogP contribution in [-0.2, 0) is 4.74 Å². The van der Waals surface area contributed by atoms with Gasteiger partial charge in [-0.1, -0.05) is 12.1 Å². The highest BCUT2D eigenvalue weighted by Crippen LogP contribution is 2.22. The molecule has 0 spiro atoms. The quantitative estimate of drug-likeness (QED) is 0.853. The van der Waals surface area contributed by atoms with E-state index in [4.69, 9.17) is 4.74 Å². The zero-order valence-corrected chi connectivity index (χ0v) is 11.9. The Hall–Kier alpha value is -1.04. The summed E-state index contributed by atoms with van der Waals surface area (Å²) in [6, 6.07) is 7.62. The summed E-state index contributed by atoms with van der Waals surface area (Å²) in [6.45, 7) is 2.23. The van der Waals surface area contributed by atoms with Crippen LogP contribution in [0.3, 0.4) is 0 Å². The lowest BCUT2D eigenvalue weighted by Gasteiger charge is -2.23. The van der Waals surface area contributed by atoms with E-state index in [9.17, 15) is 9.90 Å². The average Bonchev–Trinajstić information content (AvgIpc) is 2.72. The lowest BCUT2D eigenvalue weighted by molar-refractivity contribution is 0.0725. The summed E-state index contributed by atoms with van der Waals surface area (Å²) in [7, 11) is 0. The van der Waals surface area contributed by atoms with Crippen LogP contribution in [0.2, 0.25) is 0 Å². The number of carbonyl (C=O) groups excluding carboxylic acids is 1. The van der Waals surface area contributed by atoms with Gasteiger partial charge in [-0.15, -0.1) is 11.8 Å². The van der Waals surface area contributed by atoms with E-state index in [2.05, 4.69) is 0 Å². The molecule has 1 atom stereocenters. The van der Waals surface area contributed by atoms with Crippen LogP contribution < -0.4 is 0 Å². The summed E-state index contributed by atoms with van der Waals surface area (Å²) in [6.07, 6.45) is 1.97. The van der Waals surface area contributed by atoms with Crippen molar-refractivity contribution in [3.63, 3.8) is 0 Å². The van der Waals surface area contributed by atoms with Gasteiger partial charge in [0.25, 0.3) is 5.91 Å². The number of carbonyl (C=O) groups is 1. The minimum absolute atomic E-state index is 0.00731. The average molecular weight is 281 g/mol. The van der Waals surface area contributed by atoms with E-state index in [1.165, 1.54) is 0 Å². The van der Waals surface area contributed by atoms with Crippen LogP contribution in [0.4, 0.5) is 0 Å². The fourth-order valence-electron chi connectivity index (χ4n) is 2.17. The first-order chi connectivity index (χ1) is 9.26. The minimum atomic E-state index is 0.00731. The lowest BCUT2D eigenvalue weighted by Crippen LogP contribution is -2.37. The molecule has 0 radical (unpaired) electrons. The largest absolute Gasteiger partial charge is 0.396 e. The summed E-state index contributed by atoms with van der Waals surface area (Å²) in [5.74, 6) is 0.0294. The zero-order chi connectivity index (χ0) is 13.7. The van der Waals surface area contributed by atoms with Crippen LogP contribution >= 0.6 is 11.8 Å². The van der Waals surface area contributed by atoms with Gasteiger partial charge in [-0.2, -0.15) is 0 Å². The van der Waals surface area contributed by atoms with E-state index >= 15 is 0 Å². The summed E-state index contributed by atoms with van der Waals surface area (Å²) >= 11 is 1.57. The molecule has 1 N–H and O–H groups in total. The van der Waals surface area contributed by atoms with Gasteiger partial charge in [-0.25, -0.2) is 0 Å². The second-order valence-electron chi connectivity index (χ2n) is 4.57. The number of aliphatic hydroxyl groups is 1. The van der Waals surface area contributed by atoms with Crippen molar-refractivity contribution in [2.45, 2.75) is 4.90 Å². The molecule has 1 unspecified atom stereocenters. The summed E-state index contributed by atoms with van der Waals surface area (Å²) < 4.78 is 5.41. The molecule has 1 aliphatic rings. The Bertz CT molecular complexity index is 438. The molecule has 1 fully saturated rings. The fraction of sp³-hybridized carbons (Fsp3) is 0.500. The van der Waals surface area contributed by atoms with Gasteiger partial charge in [0.15, 0.2) is 0 Å². The number of rotatable bonds is 3. The molecule has 1 saturated heterocycles. The van der Waals surface area contributed by atoms with E-state index in [1.54, 1.807) is 16.7 Å².